The number of rotatable bonds is 3. The molecule has 0 radical (unpaired) electrons. The van der Waals surface area contributed by atoms with Crippen molar-refractivity contribution in [1.29, 1.82) is 0 Å². The number of halogens is 2. The minimum atomic E-state index is -0.589. The Morgan fingerprint density at radius 1 is 1.03 bits per heavy atom. The summed E-state index contributed by atoms with van der Waals surface area (Å²) in [6.07, 6.45) is 0.0670. The zero-order valence-corrected chi connectivity index (χ0v) is 17.0. The Morgan fingerprint density at radius 3 is 2.57 bits per heavy atom. The van der Waals surface area contributed by atoms with Gasteiger partial charge in [-0.3, -0.25) is 10.1 Å². The van der Waals surface area contributed by atoms with Gasteiger partial charge in [0.15, 0.2) is 0 Å². The maximum atomic E-state index is 11.3. The van der Waals surface area contributed by atoms with Crippen molar-refractivity contribution in [2.75, 3.05) is 0 Å². The lowest BCUT2D eigenvalue weighted by Crippen LogP contribution is -2.33. The van der Waals surface area contributed by atoms with Crippen LogP contribution < -0.4 is 4.74 Å². The minimum Gasteiger partial charge on any atom is -0.464 e. The second kappa shape index (κ2) is 7.31. The molecule has 5 rings (SSSR count). The summed E-state index contributed by atoms with van der Waals surface area (Å²) < 4.78 is 6.24. The molecule has 0 amide bonds. The SMILES string of the molecule is O=[N+]([O-])c1cccc(C2Oc3ccc(Cl)cc3C3CC(c4ccc(Cl)cc4)=NN32)c1. The van der Waals surface area contributed by atoms with Gasteiger partial charge < -0.3 is 4.74 Å². The molecule has 2 unspecified atom stereocenters. The van der Waals surface area contributed by atoms with Gasteiger partial charge >= 0.3 is 0 Å². The van der Waals surface area contributed by atoms with Crippen LogP contribution >= 0.6 is 23.2 Å². The van der Waals surface area contributed by atoms with Crippen LogP contribution in [0.2, 0.25) is 10.0 Å². The molecule has 0 spiro atoms. The highest BCUT2D eigenvalue weighted by atomic mass is 35.5. The first-order chi connectivity index (χ1) is 14.5. The van der Waals surface area contributed by atoms with Crippen LogP contribution in [0, 0.1) is 10.1 Å². The van der Waals surface area contributed by atoms with E-state index < -0.39 is 11.2 Å². The van der Waals surface area contributed by atoms with Crippen molar-refractivity contribution in [2.24, 2.45) is 5.10 Å². The number of nitrogens with zero attached hydrogens (tertiary/aromatic N) is 3. The molecule has 6 nitrogen and oxygen atoms in total. The molecule has 2 heterocycles. The third-order valence-electron chi connectivity index (χ3n) is 5.30. The van der Waals surface area contributed by atoms with E-state index >= 15 is 0 Å². The van der Waals surface area contributed by atoms with Crippen LogP contribution in [0.25, 0.3) is 0 Å². The highest BCUT2D eigenvalue weighted by Crippen LogP contribution is 2.48. The molecule has 2 atom stereocenters. The first-order valence-electron chi connectivity index (χ1n) is 9.32. The predicted molar refractivity (Wildman–Crippen MR) is 115 cm³/mol. The largest absolute Gasteiger partial charge is 0.464 e. The van der Waals surface area contributed by atoms with Crippen molar-refractivity contribution in [3.8, 4) is 5.75 Å². The van der Waals surface area contributed by atoms with Gasteiger partial charge in [-0.25, -0.2) is 5.01 Å². The third-order valence-corrected chi connectivity index (χ3v) is 5.78. The molecule has 8 heteroatoms. The van der Waals surface area contributed by atoms with Crippen molar-refractivity contribution in [2.45, 2.75) is 18.7 Å². The quantitative estimate of drug-likeness (QED) is 0.362. The number of hydrogen-bond donors (Lipinski definition) is 0. The topological polar surface area (TPSA) is 68.0 Å². The summed E-state index contributed by atoms with van der Waals surface area (Å²) in [5, 5.41) is 19.2. The van der Waals surface area contributed by atoms with Crippen molar-refractivity contribution < 1.29 is 9.66 Å². The first kappa shape index (κ1) is 18.9. The monoisotopic (exact) mass is 439 g/mol. The molecule has 0 aromatic heterocycles. The van der Waals surface area contributed by atoms with Gasteiger partial charge in [0.25, 0.3) is 5.69 Å². The Morgan fingerprint density at radius 2 is 1.80 bits per heavy atom. The number of non-ortho nitro benzene ring substituents is 1. The van der Waals surface area contributed by atoms with Crippen LogP contribution in [0.15, 0.2) is 71.8 Å². The van der Waals surface area contributed by atoms with Crippen molar-refractivity contribution in [3.63, 3.8) is 0 Å². The maximum absolute atomic E-state index is 11.3. The molecule has 0 saturated heterocycles. The van der Waals surface area contributed by atoms with Crippen LogP contribution in [0.1, 0.15) is 35.4 Å². The van der Waals surface area contributed by atoms with Crippen molar-refractivity contribution in [3.05, 3.63) is 104 Å². The van der Waals surface area contributed by atoms with Crippen molar-refractivity contribution >= 4 is 34.6 Å². The molecule has 150 valence electrons. The fourth-order valence-electron chi connectivity index (χ4n) is 3.89. The normalized spacial score (nSPS) is 19.5. The van der Waals surface area contributed by atoms with E-state index in [4.69, 9.17) is 33.0 Å². The Bertz CT molecular complexity index is 1180. The minimum absolute atomic E-state index is 0.00987. The number of hydrogen-bond acceptors (Lipinski definition) is 5. The summed E-state index contributed by atoms with van der Waals surface area (Å²) >= 11 is 12.3. The first-order valence-corrected chi connectivity index (χ1v) is 10.1. The lowest BCUT2D eigenvalue weighted by atomic mass is 9.96. The van der Waals surface area contributed by atoms with E-state index in [0.717, 1.165) is 16.8 Å². The zero-order valence-electron chi connectivity index (χ0n) is 15.5. The highest BCUT2D eigenvalue weighted by molar-refractivity contribution is 6.31. The molecule has 3 aromatic rings. The number of fused-ring (bicyclic) bond motifs is 3. The van der Waals surface area contributed by atoms with E-state index in [0.29, 0.717) is 27.8 Å². The van der Waals surface area contributed by atoms with Gasteiger partial charge in [0, 0.05) is 39.7 Å². The summed E-state index contributed by atoms with van der Waals surface area (Å²) in [5.41, 5.74) is 3.47. The number of ether oxygens (including phenoxy) is 1. The number of nitro groups is 1. The molecular formula is C22H15Cl2N3O3. The van der Waals surface area contributed by atoms with E-state index in [1.165, 1.54) is 12.1 Å². The molecule has 0 bridgehead atoms. The highest BCUT2D eigenvalue weighted by Gasteiger charge is 2.41. The molecule has 3 aromatic carbocycles. The van der Waals surface area contributed by atoms with Crippen molar-refractivity contribution in [1.82, 2.24) is 5.01 Å². The van der Waals surface area contributed by atoms with Gasteiger partial charge in [0.1, 0.15) is 5.75 Å². The van der Waals surface area contributed by atoms with Crippen LogP contribution in [-0.2, 0) is 0 Å². The second-order valence-corrected chi connectivity index (χ2v) is 8.03. The lowest BCUT2D eigenvalue weighted by molar-refractivity contribution is -0.385. The Hall–Kier alpha value is -3.09. The molecule has 0 N–H and O–H groups in total. The molecule has 0 fully saturated rings. The van der Waals surface area contributed by atoms with Crippen LogP contribution in [0.3, 0.4) is 0 Å². The van der Waals surface area contributed by atoms with E-state index in [1.54, 1.807) is 12.1 Å². The second-order valence-electron chi connectivity index (χ2n) is 7.16. The van der Waals surface area contributed by atoms with E-state index in [9.17, 15) is 10.1 Å². The zero-order chi connectivity index (χ0) is 20.8. The Balaban J connectivity index is 1.60. The van der Waals surface area contributed by atoms with Gasteiger partial charge in [-0.2, -0.15) is 5.10 Å². The van der Waals surface area contributed by atoms with Crippen LogP contribution in [0.4, 0.5) is 5.69 Å². The standard InChI is InChI=1S/C22H15Cl2N3O3/c23-15-6-4-13(5-7-15)19-12-20-18-11-16(24)8-9-21(18)30-22(26(20)25-19)14-2-1-3-17(10-14)27(28)29/h1-11,20,22H,12H2. The fraction of sp³-hybridized carbons (Fsp3) is 0.136. The summed E-state index contributed by atoms with van der Waals surface area (Å²) in [7, 11) is 0. The Labute approximate surface area is 182 Å². The van der Waals surface area contributed by atoms with Gasteiger partial charge in [-0.1, -0.05) is 47.5 Å². The molecule has 0 aliphatic carbocycles. The van der Waals surface area contributed by atoms with Crippen LogP contribution in [-0.4, -0.2) is 15.6 Å². The molecular weight excluding hydrogens is 425 g/mol. The summed E-state index contributed by atoms with van der Waals surface area (Å²) in [6.45, 7) is 0. The average Bonchev–Trinajstić information content (AvgIpc) is 3.19. The third kappa shape index (κ3) is 3.28. The van der Waals surface area contributed by atoms with E-state index in [1.807, 2.05) is 47.5 Å². The van der Waals surface area contributed by atoms with E-state index in [-0.39, 0.29) is 11.7 Å². The van der Waals surface area contributed by atoms with Gasteiger partial charge in [0.05, 0.1) is 16.7 Å². The molecule has 2 aliphatic rings. The smallest absolute Gasteiger partial charge is 0.269 e. The number of hydrazone groups is 1. The van der Waals surface area contributed by atoms with Gasteiger partial charge in [-0.15, -0.1) is 0 Å². The lowest BCUT2D eigenvalue weighted by Gasteiger charge is -2.38. The summed E-state index contributed by atoms with van der Waals surface area (Å²) in [5.74, 6) is 0.699. The molecule has 30 heavy (non-hydrogen) atoms. The predicted octanol–water partition coefficient (Wildman–Crippen LogP) is 6.14. The number of benzene rings is 3. The van der Waals surface area contributed by atoms with E-state index in [2.05, 4.69) is 0 Å². The Kier molecular flexibility index (Phi) is 4.60. The summed E-state index contributed by atoms with van der Waals surface area (Å²) in [6, 6.07) is 19.4. The number of nitro benzene ring substituents is 1. The molecule has 0 saturated carbocycles. The van der Waals surface area contributed by atoms with Gasteiger partial charge in [-0.05, 0) is 35.9 Å². The van der Waals surface area contributed by atoms with Crippen LogP contribution in [0.5, 0.6) is 5.75 Å². The molecule has 2 aliphatic heterocycles. The summed E-state index contributed by atoms with van der Waals surface area (Å²) in [4.78, 5) is 10.8. The maximum Gasteiger partial charge on any atom is 0.269 e. The fourth-order valence-corrected chi connectivity index (χ4v) is 4.19. The average molecular weight is 440 g/mol. The van der Waals surface area contributed by atoms with Gasteiger partial charge in [0.2, 0.25) is 6.23 Å².